The van der Waals surface area contributed by atoms with Crippen molar-refractivity contribution in [2.75, 3.05) is 6.61 Å². The van der Waals surface area contributed by atoms with E-state index in [9.17, 15) is 0 Å². The maximum atomic E-state index is 6.00. The Bertz CT molecular complexity index is 172. The first-order valence-corrected chi connectivity index (χ1v) is 5.70. The molecule has 1 rings (SSSR count). The van der Waals surface area contributed by atoms with E-state index < -0.39 is 0 Å². The van der Waals surface area contributed by atoms with Gasteiger partial charge in [-0.05, 0) is 12.8 Å². The smallest absolute Gasteiger partial charge is 0.0780 e. The van der Waals surface area contributed by atoms with Crippen molar-refractivity contribution in [2.24, 2.45) is 5.73 Å². The summed E-state index contributed by atoms with van der Waals surface area (Å²) in [6.07, 6.45) is 6.21. The van der Waals surface area contributed by atoms with E-state index in [-0.39, 0.29) is 12.1 Å². The van der Waals surface area contributed by atoms with Crippen molar-refractivity contribution in [3.05, 3.63) is 11.1 Å². The number of halogens is 1. The van der Waals surface area contributed by atoms with Gasteiger partial charge in [0.2, 0.25) is 0 Å². The lowest BCUT2D eigenvalue weighted by molar-refractivity contribution is 0.0490. The van der Waals surface area contributed by atoms with E-state index in [1.807, 2.05) is 0 Å². The lowest BCUT2D eigenvalue weighted by Crippen LogP contribution is -2.35. The van der Waals surface area contributed by atoms with E-state index in [1.165, 1.54) is 19.3 Å². The Morgan fingerprint density at radius 3 is 2.77 bits per heavy atom. The molecule has 76 valence electrons. The standard InChI is InChI=1S/C10H18BrNO/c1-8(11)7-13-10-6-4-2-3-5-9(10)12/h9-10H,1-7,12H2. The Morgan fingerprint density at radius 2 is 2.08 bits per heavy atom. The number of hydrogen-bond donors (Lipinski definition) is 1. The lowest BCUT2D eigenvalue weighted by atomic mass is 10.1. The molecule has 2 nitrogen and oxygen atoms in total. The van der Waals surface area contributed by atoms with Gasteiger partial charge in [-0.2, -0.15) is 0 Å². The Labute approximate surface area is 88.6 Å². The largest absolute Gasteiger partial charge is 0.371 e. The first-order chi connectivity index (χ1) is 6.20. The number of ether oxygens (including phenoxy) is 1. The molecule has 0 saturated heterocycles. The molecule has 2 atom stereocenters. The van der Waals surface area contributed by atoms with Gasteiger partial charge >= 0.3 is 0 Å². The van der Waals surface area contributed by atoms with Crippen molar-refractivity contribution in [1.82, 2.24) is 0 Å². The van der Waals surface area contributed by atoms with Crippen LogP contribution in [-0.4, -0.2) is 18.8 Å². The number of hydrogen-bond acceptors (Lipinski definition) is 2. The van der Waals surface area contributed by atoms with Crippen molar-refractivity contribution in [3.63, 3.8) is 0 Å². The molecular formula is C10H18BrNO. The molecule has 0 amide bonds. The monoisotopic (exact) mass is 247 g/mol. The maximum absolute atomic E-state index is 6.00. The van der Waals surface area contributed by atoms with Gasteiger partial charge in [-0.25, -0.2) is 0 Å². The first kappa shape index (κ1) is 11.2. The molecule has 1 aliphatic rings. The Hall–Kier alpha value is 0.140. The van der Waals surface area contributed by atoms with Crippen molar-refractivity contribution in [2.45, 2.75) is 44.2 Å². The Morgan fingerprint density at radius 1 is 1.38 bits per heavy atom. The third-order valence-corrected chi connectivity index (χ3v) is 2.69. The van der Waals surface area contributed by atoms with Gasteiger partial charge < -0.3 is 10.5 Å². The third kappa shape index (κ3) is 4.25. The van der Waals surface area contributed by atoms with Crippen LogP contribution in [0.5, 0.6) is 0 Å². The molecule has 1 saturated carbocycles. The normalized spacial score (nSPS) is 29.7. The fourth-order valence-electron chi connectivity index (χ4n) is 1.71. The average Bonchev–Trinajstić information content (AvgIpc) is 2.27. The Kier molecular flexibility index (Phi) is 4.99. The fourth-order valence-corrected chi connectivity index (χ4v) is 1.84. The summed E-state index contributed by atoms with van der Waals surface area (Å²) in [5, 5.41) is 0. The molecule has 0 aliphatic heterocycles. The summed E-state index contributed by atoms with van der Waals surface area (Å²) in [7, 11) is 0. The summed E-state index contributed by atoms with van der Waals surface area (Å²) in [6.45, 7) is 4.32. The molecule has 2 N–H and O–H groups in total. The first-order valence-electron chi connectivity index (χ1n) is 4.90. The van der Waals surface area contributed by atoms with Gasteiger partial charge in [0.15, 0.2) is 0 Å². The van der Waals surface area contributed by atoms with Crippen molar-refractivity contribution in [1.29, 1.82) is 0 Å². The summed E-state index contributed by atoms with van der Waals surface area (Å²) >= 11 is 3.28. The lowest BCUT2D eigenvalue weighted by Gasteiger charge is -2.21. The van der Waals surface area contributed by atoms with Crippen molar-refractivity contribution >= 4 is 15.9 Å². The van der Waals surface area contributed by atoms with Crippen LogP contribution < -0.4 is 5.73 Å². The molecule has 0 spiro atoms. The fraction of sp³-hybridized carbons (Fsp3) is 0.800. The predicted octanol–water partition coefficient (Wildman–Crippen LogP) is 2.57. The summed E-state index contributed by atoms with van der Waals surface area (Å²) in [4.78, 5) is 0. The highest BCUT2D eigenvalue weighted by Crippen LogP contribution is 2.20. The van der Waals surface area contributed by atoms with Gasteiger partial charge in [-0.3, -0.25) is 0 Å². The summed E-state index contributed by atoms with van der Waals surface area (Å²) in [5.74, 6) is 0. The highest BCUT2D eigenvalue weighted by molar-refractivity contribution is 9.11. The second-order valence-electron chi connectivity index (χ2n) is 3.67. The van der Waals surface area contributed by atoms with Crippen LogP contribution in [0, 0.1) is 0 Å². The number of nitrogens with two attached hydrogens (primary N) is 1. The van der Waals surface area contributed by atoms with Crippen LogP contribution in [-0.2, 0) is 4.74 Å². The molecule has 2 unspecified atom stereocenters. The molecule has 0 aromatic rings. The van der Waals surface area contributed by atoms with E-state index >= 15 is 0 Å². The summed E-state index contributed by atoms with van der Waals surface area (Å²) < 4.78 is 6.56. The highest BCUT2D eigenvalue weighted by Gasteiger charge is 2.20. The van der Waals surface area contributed by atoms with Crippen molar-refractivity contribution in [3.8, 4) is 0 Å². The number of rotatable bonds is 3. The van der Waals surface area contributed by atoms with Crippen LogP contribution in [0.1, 0.15) is 32.1 Å². The van der Waals surface area contributed by atoms with Gasteiger partial charge in [0.1, 0.15) is 0 Å². The van der Waals surface area contributed by atoms with Crippen LogP contribution in [0.2, 0.25) is 0 Å². The SMILES string of the molecule is C=C(Br)COC1CCCCCC1N. The second-order valence-corrected chi connectivity index (χ2v) is 4.79. The van der Waals surface area contributed by atoms with E-state index in [4.69, 9.17) is 10.5 Å². The van der Waals surface area contributed by atoms with Gasteiger partial charge in [0.05, 0.1) is 12.7 Å². The molecule has 1 aliphatic carbocycles. The molecule has 0 aromatic carbocycles. The van der Waals surface area contributed by atoms with Gasteiger partial charge in [-0.1, -0.05) is 41.8 Å². The zero-order valence-electron chi connectivity index (χ0n) is 7.97. The topological polar surface area (TPSA) is 35.2 Å². The Balaban J connectivity index is 2.31. The predicted molar refractivity (Wildman–Crippen MR) is 58.9 cm³/mol. The van der Waals surface area contributed by atoms with Crippen LogP contribution >= 0.6 is 15.9 Å². The molecule has 1 fully saturated rings. The molecule has 3 heteroatoms. The minimum Gasteiger partial charge on any atom is -0.371 e. The van der Waals surface area contributed by atoms with E-state index in [0.717, 1.165) is 17.3 Å². The van der Waals surface area contributed by atoms with Gasteiger partial charge in [0.25, 0.3) is 0 Å². The minimum absolute atomic E-state index is 0.217. The van der Waals surface area contributed by atoms with Gasteiger partial charge in [0, 0.05) is 10.5 Å². The van der Waals surface area contributed by atoms with Crippen molar-refractivity contribution < 1.29 is 4.74 Å². The van der Waals surface area contributed by atoms with Crippen LogP contribution in [0.4, 0.5) is 0 Å². The van der Waals surface area contributed by atoms with Gasteiger partial charge in [-0.15, -0.1) is 0 Å². The second kappa shape index (κ2) is 5.78. The van der Waals surface area contributed by atoms with E-state index in [0.29, 0.717) is 6.61 Å². The molecule has 13 heavy (non-hydrogen) atoms. The zero-order chi connectivity index (χ0) is 9.68. The van der Waals surface area contributed by atoms with E-state index in [2.05, 4.69) is 22.5 Å². The maximum Gasteiger partial charge on any atom is 0.0780 e. The molecular weight excluding hydrogens is 230 g/mol. The minimum atomic E-state index is 0.217. The zero-order valence-corrected chi connectivity index (χ0v) is 9.55. The van der Waals surface area contributed by atoms with Crippen LogP contribution in [0.25, 0.3) is 0 Å². The van der Waals surface area contributed by atoms with Crippen LogP contribution in [0.3, 0.4) is 0 Å². The molecule has 0 heterocycles. The van der Waals surface area contributed by atoms with Crippen LogP contribution in [0.15, 0.2) is 11.1 Å². The quantitative estimate of drug-likeness (QED) is 0.779. The molecule has 0 radical (unpaired) electrons. The summed E-state index contributed by atoms with van der Waals surface area (Å²) in [5.41, 5.74) is 6.00. The molecule has 0 aromatic heterocycles. The van der Waals surface area contributed by atoms with E-state index in [1.54, 1.807) is 0 Å². The summed E-state index contributed by atoms with van der Waals surface area (Å²) in [6, 6.07) is 0.217. The molecule has 0 bridgehead atoms. The average molecular weight is 248 g/mol. The third-order valence-electron chi connectivity index (χ3n) is 2.46. The highest BCUT2D eigenvalue weighted by atomic mass is 79.9.